The zero-order chi connectivity index (χ0) is 8.48. The first-order chi connectivity index (χ1) is 5.09. The van der Waals surface area contributed by atoms with Gasteiger partial charge in [-0.25, -0.2) is 0 Å². The normalized spacial score (nSPS) is 31.2. The maximum absolute atomic E-state index is 10.9. The van der Waals surface area contributed by atoms with Crippen molar-refractivity contribution < 1.29 is 9.90 Å². The third-order valence-electron chi connectivity index (χ3n) is 2.56. The van der Waals surface area contributed by atoms with Crippen LogP contribution in [-0.4, -0.2) is 23.2 Å². The van der Waals surface area contributed by atoms with E-state index in [0.29, 0.717) is 0 Å². The lowest BCUT2D eigenvalue weighted by molar-refractivity contribution is -0.146. The molecule has 0 aliphatic carbocycles. The number of aliphatic carboxylic acids is 1. The summed E-state index contributed by atoms with van der Waals surface area (Å²) in [7, 11) is 0. The second-order valence-corrected chi connectivity index (χ2v) is 3.46. The van der Waals surface area contributed by atoms with E-state index in [1.54, 1.807) is 0 Å². The Morgan fingerprint density at radius 2 is 2.27 bits per heavy atom. The molecule has 1 aliphatic rings. The van der Waals surface area contributed by atoms with Gasteiger partial charge in [0.25, 0.3) is 0 Å². The minimum Gasteiger partial charge on any atom is -0.480 e. The average Bonchev–Trinajstić information content (AvgIpc) is 2.34. The Morgan fingerprint density at radius 3 is 2.45 bits per heavy atom. The van der Waals surface area contributed by atoms with Crippen molar-refractivity contribution in [3.05, 3.63) is 0 Å². The summed E-state index contributed by atoms with van der Waals surface area (Å²) in [5.41, 5.74) is -0.639. The SMILES string of the molecule is CC(C)C1(C(=O)O)CCCN1. The first kappa shape index (κ1) is 8.53. The number of carboxylic acids is 1. The second kappa shape index (κ2) is 2.81. The lowest BCUT2D eigenvalue weighted by atomic mass is 9.85. The standard InChI is InChI=1S/C8H15NO2/c1-6(2)8(7(10)11)4-3-5-9-8/h6,9H,3-5H2,1-2H3,(H,10,11). The Morgan fingerprint density at radius 1 is 1.64 bits per heavy atom. The summed E-state index contributed by atoms with van der Waals surface area (Å²) in [6.07, 6.45) is 1.74. The summed E-state index contributed by atoms with van der Waals surface area (Å²) in [4.78, 5) is 10.9. The second-order valence-electron chi connectivity index (χ2n) is 3.46. The van der Waals surface area contributed by atoms with Crippen molar-refractivity contribution in [1.82, 2.24) is 5.32 Å². The molecule has 1 unspecified atom stereocenters. The Labute approximate surface area is 66.8 Å². The van der Waals surface area contributed by atoms with E-state index >= 15 is 0 Å². The molecule has 0 aromatic carbocycles. The van der Waals surface area contributed by atoms with Crippen molar-refractivity contribution in [1.29, 1.82) is 0 Å². The van der Waals surface area contributed by atoms with Crippen LogP contribution in [0.15, 0.2) is 0 Å². The summed E-state index contributed by atoms with van der Waals surface area (Å²) in [5.74, 6) is -0.535. The van der Waals surface area contributed by atoms with E-state index in [2.05, 4.69) is 5.32 Å². The van der Waals surface area contributed by atoms with Crippen LogP contribution in [0.1, 0.15) is 26.7 Å². The van der Waals surface area contributed by atoms with Gasteiger partial charge in [0, 0.05) is 0 Å². The maximum atomic E-state index is 10.9. The van der Waals surface area contributed by atoms with Gasteiger partial charge >= 0.3 is 5.97 Å². The van der Waals surface area contributed by atoms with E-state index in [1.807, 2.05) is 13.8 Å². The highest BCUT2D eigenvalue weighted by Crippen LogP contribution is 2.27. The van der Waals surface area contributed by atoms with Crippen molar-refractivity contribution >= 4 is 5.97 Å². The Bertz CT molecular complexity index is 159. The molecule has 0 radical (unpaired) electrons. The highest BCUT2D eigenvalue weighted by atomic mass is 16.4. The maximum Gasteiger partial charge on any atom is 0.324 e. The molecule has 0 spiro atoms. The van der Waals surface area contributed by atoms with E-state index in [-0.39, 0.29) is 5.92 Å². The first-order valence-electron chi connectivity index (χ1n) is 4.08. The van der Waals surface area contributed by atoms with Crippen molar-refractivity contribution in [3.63, 3.8) is 0 Å². The molecule has 1 fully saturated rings. The van der Waals surface area contributed by atoms with Gasteiger partial charge in [-0.1, -0.05) is 13.8 Å². The molecule has 3 heteroatoms. The summed E-state index contributed by atoms with van der Waals surface area (Å²) in [6, 6.07) is 0. The molecule has 1 heterocycles. The number of carbonyl (C=O) groups is 1. The van der Waals surface area contributed by atoms with Gasteiger partial charge in [-0.05, 0) is 25.3 Å². The van der Waals surface area contributed by atoms with E-state index in [9.17, 15) is 4.79 Å². The van der Waals surface area contributed by atoms with Crippen LogP contribution in [0.3, 0.4) is 0 Å². The van der Waals surface area contributed by atoms with Crippen LogP contribution in [-0.2, 0) is 4.79 Å². The molecule has 11 heavy (non-hydrogen) atoms. The lowest BCUT2D eigenvalue weighted by Gasteiger charge is -2.28. The van der Waals surface area contributed by atoms with Crippen LogP contribution >= 0.6 is 0 Å². The molecular weight excluding hydrogens is 142 g/mol. The molecule has 1 atom stereocenters. The largest absolute Gasteiger partial charge is 0.480 e. The molecule has 0 amide bonds. The van der Waals surface area contributed by atoms with E-state index in [4.69, 9.17) is 5.11 Å². The van der Waals surface area contributed by atoms with Crippen molar-refractivity contribution in [2.45, 2.75) is 32.2 Å². The third kappa shape index (κ3) is 1.25. The topological polar surface area (TPSA) is 49.3 Å². The molecule has 1 aliphatic heterocycles. The molecule has 1 rings (SSSR count). The number of hydrogen-bond donors (Lipinski definition) is 2. The van der Waals surface area contributed by atoms with Crippen molar-refractivity contribution in [2.24, 2.45) is 5.92 Å². The molecule has 0 aromatic rings. The van der Waals surface area contributed by atoms with Crippen LogP contribution in [0, 0.1) is 5.92 Å². The molecular formula is C8H15NO2. The highest BCUT2D eigenvalue weighted by Gasteiger charge is 2.43. The number of hydrogen-bond acceptors (Lipinski definition) is 2. The quantitative estimate of drug-likeness (QED) is 0.624. The van der Waals surface area contributed by atoms with Gasteiger partial charge in [-0.2, -0.15) is 0 Å². The van der Waals surface area contributed by atoms with Crippen LogP contribution < -0.4 is 5.32 Å². The highest BCUT2D eigenvalue weighted by molar-refractivity contribution is 5.79. The van der Waals surface area contributed by atoms with Crippen molar-refractivity contribution in [3.8, 4) is 0 Å². The predicted octanol–water partition coefficient (Wildman–Crippen LogP) is 0.849. The molecule has 3 nitrogen and oxygen atoms in total. The van der Waals surface area contributed by atoms with Gasteiger partial charge in [0.15, 0.2) is 0 Å². The van der Waals surface area contributed by atoms with Crippen LogP contribution in [0.2, 0.25) is 0 Å². The summed E-state index contributed by atoms with van der Waals surface area (Å²) >= 11 is 0. The van der Waals surface area contributed by atoms with Gasteiger partial charge in [0.05, 0.1) is 0 Å². The van der Waals surface area contributed by atoms with Gasteiger partial charge in [-0.3, -0.25) is 4.79 Å². The summed E-state index contributed by atoms with van der Waals surface area (Å²) in [6.45, 7) is 4.74. The van der Waals surface area contributed by atoms with Crippen LogP contribution in [0.4, 0.5) is 0 Å². The molecule has 0 aromatic heterocycles. The van der Waals surface area contributed by atoms with Gasteiger partial charge < -0.3 is 10.4 Å². The van der Waals surface area contributed by atoms with Crippen LogP contribution in [0.25, 0.3) is 0 Å². The molecule has 0 bridgehead atoms. The smallest absolute Gasteiger partial charge is 0.324 e. The summed E-state index contributed by atoms with van der Waals surface area (Å²) in [5, 5.41) is 12.0. The zero-order valence-electron chi connectivity index (χ0n) is 7.05. The Kier molecular flexibility index (Phi) is 2.18. The fraction of sp³-hybridized carbons (Fsp3) is 0.875. The number of carboxylic acid groups (broad SMARTS) is 1. The van der Waals surface area contributed by atoms with Gasteiger partial charge in [-0.15, -0.1) is 0 Å². The fourth-order valence-corrected chi connectivity index (χ4v) is 1.69. The van der Waals surface area contributed by atoms with E-state index in [1.165, 1.54) is 0 Å². The minimum atomic E-state index is -0.704. The minimum absolute atomic E-state index is 0.169. The Hall–Kier alpha value is -0.570. The van der Waals surface area contributed by atoms with Crippen molar-refractivity contribution in [2.75, 3.05) is 6.54 Å². The zero-order valence-corrected chi connectivity index (χ0v) is 7.05. The summed E-state index contributed by atoms with van der Waals surface area (Å²) < 4.78 is 0. The van der Waals surface area contributed by atoms with E-state index < -0.39 is 11.5 Å². The fourth-order valence-electron chi connectivity index (χ4n) is 1.69. The molecule has 1 saturated heterocycles. The number of nitrogens with one attached hydrogen (secondary N) is 1. The van der Waals surface area contributed by atoms with E-state index in [0.717, 1.165) is 19.4 Å². The van der Waals surface area contributed by atoms with Gasteiger partial charge in [0.1, 0.15) is 5.54 Å². The third-order valence-corrected chi connectivity index (χ3v) is 2.56. The Balaban J connectivity index is 2.79. The predicted molar refractivity (Wildman–Crippen MR) is 42.4 cm³/mol. The lowest BCUT2D eigenvalue weighted by Crippen LogP contribution is -2.51. The van der Waals surface area contributed by atoms with Gasteiger partial charge in [0.2, 0.25) is 0 Å². The average molecular weight is 157 g/mol. The molecule has 64 valence electrons. The molecule has 0 saturated carbocycles. The monoisotopic (exact) mass is 157 g/mol. The first-order valence-corrected chi connectivity index (χ1v) is 4.08. The number of rotatable bonds is 2. The molecule has 2 N–H and O–H groups in total. The van der Waals surface area contributed by atoms with Crippen LogP contribution in [0.5, 0.6) is 0 Å².